The van der Waals surface area contributed by atoms with Gasteiger partial charge in [0, 0.05) is 19.5 Å². The number of carbonyl (C=O) groups is 1. The molecule has 1 aliphatic rings. The highest BCUT2D eigenvalue weighted by atomic mass is 32.2. The van der Waals surface area contributed by atoms with E-state index in [1.165, 1.54) is 11.4 Å². The minimum atomic E-state index is -3.64. The van der Waals surface area contributed by atoms with E-state index in [0.717, 1.165) is 17.7 Å². The summed E-state index contributed by atoms with van der Waals surface area (Å²) in [6.45, 7) is 5.66. The molecule has 2 aromatic carbocycles. The summed E-state index contributed by atoms with van der Waals surface area (Å²) in [7, 11) is -0.473. The molecule has 2 aromatic rings. The van der Waals surface area contributed by atoms with Gasteiger partial charge >= 0.3 is 0 Å². The molecule has 35 heavy (non-hydrogen) atoms. The molecule has 1 amide bonds. The molecule has 0 spiro atoms. The van der Waals surface area contributed by atoms with Crippen molar-refractivity contribution in [1.29, 1.82) is 0 Å². The second-order valence-corrected chi connectivity index (χ2v) is 11.0. The van der Waals surface area contributed by atoms with E-state index in [1.54, 1.807) is 25.3 Å². The molecule has 9 heteroatoms. The van der Waals surface area contributed by atoms with Crippen molar-refractivity contribution in [3.05, 3.63) is 53.6 Å². The summed E-state index contributed by atoms with van der Waals surface area (Å²) >= 11 is 0. The van der Waals surface area contributed by atoms with Crippen molar-refractivity contribution in [2.45, 2.75) is 44.0 Å². The molecule has 0 aromatic heterocycles. The summed E-state index contributed by atoms with van der Waals surface area (Å²) in [4.78, 5) is 13.1. The van der Waals surface area contributed by atoms with E-state index in [2.05, 4.69) is 19.2 Å². The van der Waals surface area contributed by atoms with Gasteiger partial charge < -0.3 is 19.5 Å². The topological polar surface area (TPSA) is 94.2 Å². The van der Waals surface area contributed by atoms with Crippen molar-refractivity contribution in [3.63, 3.8) is 0 Å². The van der Waals surface area contributed by atoms with Crippen molar-refractivity contribution < 1.29 is 27.4 Å². The predicted octanol–water partition coefficient (Wildman–Crippen LogP) is 3.56. The van der Waals surface area contributed by atoms with Crippen LogP contribution in [0.25, 0.3) is 0 Å². The van der Waals surface area contributed by atoms with Crippen LogP contribution in [0.3, 0.4) is 0 Å². The maximum Gasteiger partial charge on any atom is 0.243 e. The Morgan fingerprint density at radius 1 is 1.06 bits per heavy atom. The number of morpholine rings is 1. The number of carbonyl (C=O) groups excluding carboxylic acids is 1. The Morgan fingerprint density at radius 2 is 1.74 bits per heavy atom. The van der Waals surface area contributed by atoms with Gasteiger partial charge in [0.2, 0.25) is 15.9 Å². The monoisotopic (exact) mass is 504 g/mol. The highest BCUT2D eigenvalue weighted by Crippen LogP contribution is 2.27. The first-order chi connectivity index (χ1) is 16.7. The van der Waals surface area contributed by atoms with Crippen LogP contribution in [-0.2, 0) is 26.0 Å². The number of ether oxygens (including phenoxy) is 3. The Balaban J connectivity index is 1.71. The van der Waals surface area contributed by atoms with Gasteiger partial charge in [-0.25, -0.2) is 8.42 Å². The quantitative estimate of drug-likeness (QED) is 0.503. The van der Waals surface area contributed by atoms with Crippen LogP contribution in [0, 0.1) is 5.92 Å². The van der Waals surface area contributed by atoms with E-state index in [1.807, 2.05) is 24.3 Å². The molecule has 0 aliphatic carbocycles. The minimum absolute atomic E-state index is 0.102. The predicted molar refractivity (Wildman–Crippen MR) is 134 cm³/mol. The number of sulfonamides is 1. The summed E-state index contributed by atoms with van der Waals surface area (Å²) in [5.74, 6) is 1.62. The van der Waals surface area contributed by atoms with Crippen LogP contribution < -0.4 is 14.8 Å². The van der Waals surface area contributed by atoms with Crippen molar-refractivity contribution in [1.82, 2.24) is 9.62 Å². The van der Waals surface area contributed by atoms with E-state index < -0.39 is 10.0 Å². The number of benzene rings is 2. The fourth-order valence-electron chi connectivity index (χ4n) is 4.15. The first-order valence-electron chi connectivity index (χ1n) is 11.9. The van der Waals surface area contributed by atoms with Gasteiger partial charge in [0.25, 0.3) is 0 Å². The molecule has 0 bridgehead atoms. The second-order valence-electron chi connectivity index (χ2n) is 9.01. The van der Waals surface area contributed by atoms with Crippen LogP contribution in [0.4, 0.5) is 0 Å². The summed E-state index contributed by atoms with van der Waals surface area (Å²) < 4.78 is 43.5. The van der Waals surface area contributed by atoms with Gasteiger partial charge in [-0.2, -0.15) is 4.31 Å². The average Bonchev–Trinajstić information content (AvgIpc) is 2.87. The Kier molecular flexibility index (Phi) is 9.54. The third-order valence-corrected chi connectivity index (χ3v) is 7.94. The summed E-state index contributed by atoms with van der Waals surface area (Å²) in [6.07, 6.45) is 1.37. The molecule has 8 nitrogen and oxygen atoms in total. The largest absolute Gasteiger partial charge is 0.497 e. The third-order valence-electron chi connectivity index (χ3n) is 6.04. The number of methoxy groups -OCH3 is 2. The van der Waals surface area contributed by atoms with E-state index in [4.69, 9.17) is 14.2 Å². The minimum Gasteiger partial charge on any atom is -0.497 e. The molecule has 1 unspecified atom stereocenters. The van der Waals surface area contributed by atoms with Gasteiger partial charge in [0.05, 0.1) is 38.4 Å². The molecule has 1 aliphatic heterocycles. The highest BCUT2D eigenvalue weighted by molar-refractivity contribution is 7.89. The second kappa shape index (κ2) is 12.4. The average molecular weight is 505 g/mol. The number of nitrogens with zero attached hydrogens (tertiary/aromatic N) is 1. The van der Waals surface area contributed by atoms with Crippen LogP contribution in [-0.4, -0.2) is 59.2 Å². The van der Waals surface area contributed by atoms with Gasteiger partial charge in [0.1, 0.15) is 11.5 Å². The van der Waals surface area contributed by atoms with E-state index in [0.29, 0.717) is 50.0 Å². The van der Waals surface area contributed by atoms with E-state index >= 15 is 0 Å². The third kappa shape index (κ3) is 7.19. The van der Waals surface area contributed by atoms with E-state index in [9.17, 15) is 13.2 Å². The SMILES string of the molecule is COc1ccc(C(CC(C)C)NC(=O)CCc2cc(S(=O)(=O)N3CCOCC3)ccc2OC)cc1. The summed E-state index contributed by atoms with van der Waals surface area (Å²) in [6, 6.07) is 12.4. The van der Waals surface area contributed by atoms with Crippen LogP contribution in [0.2, 0.25) is 0 Å². The van der Waals surface area contributed by atoms with Crippen LogP contribution in [0.15, 0.2) is 47.4 Å². The lowest BCUT2D eigenvalue weighted by Gasteiger charge is -2.26. The lowest BCUT2D eigenvalue weighted by molar-refractivity contribution is -0.121. The van der Waals surface area contributed by atoms with Crippen molar-refractivity contribution in [3.8, 4) is 11.5 Å². The lowest BCUT2D eigenvalue weighted by Crippen LogP contribution is -2.40. The maximum absolute atomic E-state index is 13.1. The van der Waals surface area contributed by atoms with Crippen molar-refractivity contribution in [2.75, 3.05) is 40.5 Å². The van der Waals surface area contributed by atoms with Gasteiger partial charge in [0.15, 0.2) is 0 Å². The van der Waals surface area contributed by atoms with Crippen LogP contribution in [0.5, 0.6) is 11.5 Å². The smallest absolute Gasteiger partial charge is 0.243 e. The fourth-order valence-corrected chi connectivity index (χ4v) is 5.61. The molecule has 192 valence electrons. The molecule has 1 fully saturated rings. The maximum atomic E-state index is 13.1. The number of nitrogens with one attached hydrogen (secondary N) is 1. The first kappa shape index (κ1) is 27.0. The Hall–Kier alpha value is -2.62. The fraction of sp³-hybridized carbons (Fsp3) is 0.500. The van der Waals surface area contributed by atoms with Gasteiger partial charge in [-0.1, -0.05) is 26.0 Å². The molecule has 0 saturated carbocycles. The summed E-state index contributed by atoms with van der Waals surface area (Å²) in [5.41, 5.74) is 1.70. The van der Waals surface area contributed by atoms with E-state index in [-0.39, 0.29) is 23.3 Å². The molecular formula is C26H36N2O6S. The summed E-state index contributed by atoms with van der Waals surface area (Å²) in [5, 5.41) is 3.15. The van der Waals surface area contributed by atoms with Gasteiger partial charge in [-0.05, 0) is 60.2 Å². The molecular weight excluding hydrogens is 468 g/mol. The lowest BCUT2D eigenvalue weighted by atomic mass is 9.96. The number of hydrogen-bond donors (Lipinski definition) is 1. The number of hydrogen-bond acceptors (Lipinski definition) is 6. The highest BCUT2D eigenvalue weighted by Gasteiger charge is 2.27. The van der Waals surface area contributed by atoms with Crippen LogP contribution >= 0.6 is 0 Å². The van der Waals surface area contributed by atoms with Crippen LogP contribution in [0.1, 0.15) is 43.9 Å². The van der Waals surface area contributed by atoms with Crippen molar-refractivity contribution in [2.24, 2.45) is 5.92 Å². The normalized spacial score (nSPS) is 15.6. The number of amides is 1. The molecule has 1 heterocycles. The zero-order valence-electron chi connectivity index (χ0n) is 21.0. The Labute approximate surface area is 208 Å². The number of aryl methyl sites for hydroxylation is 1. The molecule has 1 atom stereocenters. The standard InChI is InChI=1S/C26H36N2O6S/c1-19(2)17-24(20-5-8-22(32-3)9-6-20)27-26(29)12-7-21-18-23(10-11-25(21)33-4)35(30,31)28-13-15-34-16-14-28/h5-6,8-11,18-19,24H,7,12-17H2,1-4H3,(H,27,29). The van der Waals surface area contributed by atoms with Crippen molar-refractivity contribution >= 4 is 15.9 Å². The van der Waals surface area contributed by atoms with Gasteiger partial charge in [-0.15, -0.1) is 0 Å². The first-order valence-corrected chi connectivity index (χ1v) is 13.4. The molecule has 1 saturated heterocycles. The zero-order chi connectivity index (χ0) is 25.4. The van der Waals surface area contributed by atoms with Gasteiger partial charge in [-0.3, -0.25) is 4.79 Å². The zero-order valence-corrected chi connectivity index (χ0v) is 21.8. The number of rotatable bonds is 11. The molecule has 1 N–H and O–H groups in total. The molecule has 0 radical (unpaired) electrons. The Morgan fingerprint density at radius 3 is 2.34 bits per heavy atom. The Bertz CT molecular complexity index is 1080. The molecule has 3 rings (SSSR count).